The average molecular weight is 461 g/mol. The fraction of sp³-hybridized carbons (Fsp3) is 0.192. The predicted molar refractivity (Wildman–Crippen MR) is 124 cm³/mol. The van der Waals surface area contributed by atoms with Crippen LogP contribution in [0.5, 0.6) is 0 Å². The molecule has 1 heterocycles. The lowest BCUT2D eigenvalue weighted by molar-refractivity contribution is -0.142. The summed E-state index contributed by atoms with van der Waals surface area (Å²) in [6, 6.07) is 16.8. The van der Waals surface area contributed by atoms with Gasteiger partial charge in [-0.05, 0) is 36.1 Å². The van der Waals surface area contributed by atoms with Gasteiger partial charge in [0.15, 0.2) is 17.4 Å². The van der Waals surface area contributed by atoms with E-state index in [9.17, 15) is 23.5 Å². The van der Waals surface area contributed by atoms with Crippen LogP contribution in [0.2, 0.25) is 0 Å². The van der Waals surface area contributed by atoms with Gasteiger partial charge in [-0.1, -0.05) is 42.8 Å². The van der Waals surface area contributed by atoms with Crippen molar-refractivity contribution in [2.24, 2.45) is 11.8 Å². The van der Waals surface area contributed by atoms with E-state index < -0.39 is 29.4 Å². The van der Waals surface area contributed by atoms with Crippen LogP contribution in [0.15, 0.2) is 60.7 Å². The average Bonchev–Trinajstić information content (AvgIpc) is 3.47. The number of ketones is 1. The molecule has 0 unspecified atom stereocenters. The van der Waals surface area contributed by atoms with Gasteiger partial charge in [-0.3, -0.25) is 9.59 Å². The third-order valence-corrected chi connectivity index (χ3v) is 6.34. The van der Waals surface area contributed by atoms with Crippen molar-refractivity contribution in [2.45, 2.75) is 19.3 Å². The van der Waals surface area contributed by atoms with Crippen molar-refractivity contribution in [3.8, 4) is 11.1 Å². The molecule has 4 aromatic rings. The number of carbonyl (C=O) groups is 2. The lowest BCUT2D eigenvalue weighted by Crippen LogP contribution is -2.25. The topological polar surface area (TPSA) is 95.1 Å². The Hall–Kier alpha value is -4.07. The summed E-state index contributed by atoms with van der Waals surface area (Å²) in [5.41, 5.74) is 3.82. The molecule has 1 aliphatic rings. The maximum absolute atomic E-state index is 13.4. The molecular formula is C26H21F2N3O3. The minimum Gasteiger partial charge on any atom is -0.481 e. The van der Waals surface area contributed by atoms with Crippen LogP contribution in [0, 0.1) is 23.5 Å². The Balaban J connectivity index is 1.29. The van der Waals surface area contributed by atoms with Crippen LogP contribution in [0.3, 0.4) is 0 Å². The molecule has 0 saturated heterocycles. The summed E-state index contributed by atoms with van der Waals surface area (Å²) in [5, 5.41) is 12.4. The zero-order valence-electron chi connectivity index (χ0n) is 18.0. The first kappa shape index (κ1) is 21.8. The number of rotatable bonds is 6. The lowest BCUT2D eigenvalue weighted by Gasteiger charge is -2.14. The minimum absolute atomic E-state index is 0.110. The van der Waals surface area contributed by atoms with E-state index in [4.69, 9.17) is 0 Å². The Morgan fingerprint density at radius 2 is 1.53 bits per heavy atom. The monoisotopic (exact) mass is 461 g/mol. The second-order valence-electron chi connectivity index (χ2n) is 8.49. The number of hydrogen-bond donors (Lipinski definition) is 3. The van der Waals surface area contributed by atoms with Crippen LogP contribution in [0.4, 0.5) is 20.4 Å². The van der Waals surface area contributed by atoms with Gasteiger partial charge in [-0.15, -0.1) is 0 Å². The van der Waals surface area contributed by atoms with Crippen LogP contribution < -0.4 is 5.32 Å². The number of Topliss-reactive ketones (excluding diaryl/α,β-unsaturated/α-hetero) is 1. The summed E-state index contributed by atoms with van der Waals surface area (Å²) < 4.78 is 26.8. The fourth-order valence-electron chi connectivity index (χ4n) is 4.56. The molecule has 0 amide bonds. The number of fused-ring (bicyclic) bond motifs is 1. The molecule has 8 heteroatoms. The first-order valence-electron chi connectivity index (χ1n) is 11.0. The Morgan fingerprint density at radius 1 is 0.912 bits per heavy atom. The second kappa shape index (κ2) is 8.70. The van der Waals surface area contributed by atoms with Crippen molar-refractivity contribution >= 4 is 34.4 Å². The van der Waals surface area contributed by atoms with Crippen molar-refractivity contribution in [1.29, 1.82) is 0 Å². The van der Waals surface area contributed by atoms with Crippen LogP contribution in [-0.4, -0.2) is 26.8 Å². The van der Waals surface area contributed by atoms with Gasteiger partial charge in [0.2, 0.25) is 5.95 Å². The smallest absolute Gasteiger partial charge is 0.307 e. The summed E-state index contributed by atoms with van der Waals surface area (Å²) in [4.78, 5) is 31.4. The normalized spacial score (nSPS) is 17.7. The van der Waals surface area contributed by atoms with E-state index in [1.54, 1.807) is 12.1 Å². The number of carboxylic acids is 1. The molecule has 172 valence electrons. The molecule has 0 bridgehead atoms. The molecule has 6 nitrogen and oxygen atoms in total. The standard InChI is InChI=1S/C26H21F2N3O3/c27-20-12-22-23(13-21(20)28)31-26(30-22)29-17-10-8-15(9-11-17)14-4-6-16(7-5-14)24(32)18-2-1-3-19(18)25(33)34/h4-13,18-19H,1-3H2,(H,33,34)(H2,29,30,31)/t18-,19-/m0/s1. The molecule has 3 N–H and O–H groups in total. The Kier molecular flexibility index (Phi) is 5.57. The maximum atomic E-state index is 13.4. The van der Waals surface area contributed by atoms with Crippen molar-refractivity contribution < 1.29 is 23.5 Å². The number of carboxylic acid groups (broad SMARTS) is 1. The Morgan fingerprint density at radius 3 is 2.21 bits per heavy atom. The summed E-state index contributed by atoms with van der Waals surface area (Å²) in [6.07, 6.45) is 1.92. The number of benzene rings is 3. The molecule has 1 aliphatic carbocycles. The van der Waals surface area contributed by atoms with E-state index in [1.165, 1.54) is 0 Å². The van der Waals surface area contributed by atoms with Crippen molar-refractivity contribution in [3.05, 3.63) is 77.9 Å². The highest BCUT2D eigenvalue weighted by Gasteiger charge is 2.37. The molecule has 0 aliphatic heterocycles. The molecular weight excluding hydrogens is 440 g/mol. The second-order valence-corrected chi connectivity index (χ2v) is 8.49. The molecule has 1 fully saturated rings. The zero-order chi connectivity index (χ0) is 23.8. The van der Waals surface area contributed by atoms with Gasteiger partial charge < -0.3 is 15.4 Å². The summed E-state index contributed by atoms with van der Waals surface area (Å²) in [5.74, 6) is -3.60. The number of hydrogen-bond acceptors (Lipinski definition) is 4. The van der Waals surface area contributed by atoms with E-state index >= 15 is 0 Å². The van der Waals surface area contributed by atoms with Crippen LogP contribution in [0.25, 0.3) is 22.2 Å². The molecule has 1 saturated carbocycles. The van der Waals surface area contributed by atoms with Crippen LogP contribution >= 0.6 is 0 Å². The summed E-state index contributed by atoms with van der Waals surface area (Å²) >= 11 is 0. The fourth-order valence-corrected chi connectivity index (χ4v) is 4.56. The third-order valence-electron chi connectivity index (χ3n) is 6.34. The number of aliphatic carboxylic acids is 1. The molecule has 1 aromatic heterocycles. The van der Waals surface area contributed by atoms with Gasteiger partial charge >= 0.3 is 5.97 Å². The van der Waals surface area contributed by atoms with Gasteiger partial charge in [-0.25, -0.2) is 13.8 Å². The largest absolute Gasteiger partial charge is 0.481 e. The van der Waals surface area contributed by atoms with Gasteiger partial charge in [-0.2, -0.15) is 0 Å². The van der Waals surface area contributed by atoms with Gasteiger partial charge in [0.05, 0.1) is 17.0 Å². The molecule has 2 atom stereocenters. The van der Waals surface area contributed by atoms with E-state index in [0.717, 1.165) is 35.4 Å². The van der Waals surface area contributed by atoms with Crippen LogP contribution in [0.1, 0.15) is 29.6 Å². The number of H-pyrrole nitrogens is 1. The van der Waals surface area contributed by atoms with E-state index in [0.29, 0.717) is 35.4 Å². The third kappa shape index (κ3) is 4.14. The van der Waals surface area contributed by atoms with E-state index in [2.05, 4.69) is 15.3 Å². The van der Waals surface area contributed by atoms with Gasteiger partial charge in [0.1, 0.15) is 0 Å². The number of nitrogens with zero attached hydrogens (tertiary/aromatic N) is 1. The quantitative estimate of drug-likeness (QED) is 0.309. The number of aromatic nitrogens is 2. The summed E-state index contributed by atoms with van der Waals surface area (Å²) in [6.45, 7) is 0. The Bertz CT molecular complexity index is 1340. The number of anilines is 2. The minimum atomic E-state index is -0.951. The molecule has 34 heavy (non-hydrogen) atoms. The highest BCUT2D eigenvalue weighted by atomic mass is 19.2. The molecule has 0 radical (unpaired) electrons. The highest BCUT2D eigenvalue weighted by Crippen LogP contribution is 2.35. The number of halogens is 2. The summed E-state index contributed by atoms with van der Waals surface area (Å²) in [7, 11) is 0. The SMILES string of the molecule is O=C(O)[C@H]1CCC[C@@H]1C(=O)c1ccc(-c2ccc(Nc3nc4cc(F)c(F)cc4[nH]3)cc2)cc1. The maximum Gasteiger partial charge on any atom is 0.307 e. The molecule has 3 aromatic carbocycles. The zero-order valence-corrected chi connectivity index (χ0v) is 18.0. The van der Waals surface area contributed by atoms with Gasteiger partial charge in [0.25, 0.3) is 0 Å². The lowest BCUT2D eigenvalue weighted by atomic mass is 9.88. The first-order chi connectivity index (χ1) is 16.4. The Labute approximate surface area is 193 Å². The van der Waals surface area contributed by atoms with Crippen molar-refractivity contribution in [1.82, 2.24) is 9.97 Å². The number of imidazole rings is 1. The van der Waals surface area contributed by atoms with Crippen molar-refractivity contribution in [2.75, 3.05) is 5.32 Å². The van der Waals surface area contributed by atoms with E-state index in [-0.39, 0.29) is 5.78 Å². The number of nitrogens with one attached hydrogen (secondary N) is 2. The number of aromatic amines is 1. The van der Waals surface area contributed by atoms with Crippen molar-refractivity contribution in [3.63, 3.8) is 0 Å². The molecule has 5 rings (SSSR count). The first-order valence-corrected chi connectivity index (χ1v) is 11.0. The van der Waals surface area contributed by atoms with Gasteiger partial charge in [0, 0.05) is 29.3 Å². The molecule has 0 spiro atoms. The van der Waals surface area contributed by atoms with E-state index in [1.807, 2.05) is 36.4 Å². The number of carbonyl (C=O) groups excluding carboxylic acids is 1. The highest BCUT2D eigenvalue weighted by molar-refractivity contribution is 6.00. The van der Waals surface area contributed by atoms with Crippen LogP contribution in [-0.2, 0) is 4.79 Å². The predicted octanol–water partition coefficient (Wildman–Crippen LogP) is 5.94.